The molecule has 1 atom stereocenters. The highest BCUT2D eigenvalue weighted by atomic mass is 32.1. The third-order valence-corrected chi connectivity index (χ3v) is 4.30. The fourth-order valence-electron chi connectivity index (χ4n) is 2.66. The molecule has 3 nitrogen and oxygen atoms in total. The zero-order chi connectivity index (χ0) is 14.7. The summed E-state index contributed by atoms with van der Waals surface area (Å²) in [5.74, 6) is -0.220. The van der Waals surface area contributed by atoms with Crippen LogP contribution in [0.3, 0.4) is 0 Å². The summed E-state index contributed by atoms with van der Waals surface area (Å²) in [6.45, 7) is 5.84. The van der Waals surface area contributed by atoms with Gasteiger partial charge in [-0.2, -0.15) is 0 Å². The number of likely N-dealkylation sites (N-methyl/N-ethyl adjacent to an activating group) is 1. The average molecular weight is 295 g/mol. The van der Waals surface area contributed by atoms with Crippen molar-refractivity contribution in [2.45, 2.75) is 25.9 Å². The fraction of sp³-hybridized carbons (Fsp3) is 0.533. The quantitative estimate of drug-likeness (QED) is 0.861. The number of halogens is 1. The zero-order valence-electron chi connectivity index (χ0n) is 12.1. The molecule has 2 N–H and O–H groups in total. The van der Waals surface area contributed by atoms with Crippen molar-refractivity contribution >= 4 is 17.2 Å². The molecule has 1 unspecified atom stereocenters. The van der Waals surface area contributed by atoms with Crippen LogP contribution in [0.25, 0.3) is 0 Å². The molecule has 0 bridgehead atoms. The number of nitrogens with zero attached hydrogens (tertiary/aromatic N) is 2. The Balaban J connectivity index is 2.05. The molecule has 0 spiro atoms. The van der Waals surface area contributed by atoms with E-state index in [9.17, 15) is 4.39 Å². The Morgan fingerprint density at radius 1 is 1.45 bits per heavy atom. The van der Waals surface area contributed by atoms with Crippen LogP contribution in [0.4, 0.5) is 4.39 Å². The van der Waals surface area contributed by atoms with E-state index in [0.717, 1.165) is 26.1 Å². The molecular formula is C15H22FN3S. The van der Waals surface area contributed by atoms with Crippen molar-refractivity contribution in [1.82, 2.24) is 9.80 Å². The van der Waals surface area contributed by atoms with Crippen molar-refractivity contribution in [2.75, 3.05) is 26.7 Å². The SMILES string of the molecule is CCC1CN(Cc2ccc(C(N)=S)cc2F)CCN1C. The molecule has 0 amide bonds. The molecule has 20 heavy (non-hydrogen) atoms. The lowest BCUT2D eigenvalue weighted by Crippen LogP contribution is -2.50. The maximum Gasteiger partial charge on any atom is 0.128 e. The standard InChI is InChI=1S/C15H22FN3S/c1-3-13-10-19(7-6-18(13)2)9-12-5-4-11(15(17)20)8-14(12)16/h4-5,8,13H,3,6-7,9-10H2,1-2H3,(H2,17,20). The van der Waals surface area contributed by atoms with E-state index in [1.54, 1.807) is 12.1 Å². The summed E-state index contributed by atoms with van der Waals surface area (Å²) < 4.78 is 14.1. The summed E-state index contributed by atoms with van der Waals surface area (Å²) in [5, 5.41) is 0. The van der Waals surface area contributed by atoms with Gasteiger partial charge in [-0.15, -0.1) is 0 Å². The monoisotopic (exact) mass is 295 g/mol. The fourth-order valence-corrected chi connectivity index (χ4v) is 2.79. The second-order valence-corrected chi connectivity index (χ2v) is 5.89. The summed E-state index contributed by atoms with van der Waals surface area (Å²) >= 11 is 4.87. The molecule has 1 aliphatic heterocycles. The molecule has 1 heterocycles. The Morgan fingerprint density at radius 3 is 2.80 bits per heavy atom. The lowest BCUT2D eigenvalue weighted by Gasteiger charge is -2.39. The second-order valence-electron chi connectivity index (χ2n) is 5.45. The third-order valence-electron chi connectivity index (χ3n) is 4.06. The van der Waals surface area contributed by atoms with Gasteiger partial charge >= 0.3 is 0 Å². The maximum absolute atomic E-state index is 14.1. The minimum absolute atomic E-state index is 0.220. The zero-order valence-corrected chi connectivity index (χ0v) is 12.9. The van der Waals surface area contributed by atoms with Crippen molar-refractivity contribution in [3.8, 4) is 0 Å². The van der Waals surface area contributed by atoms with Gasteiger partial charge in [0.1, 0.15) is 10.8 Å². The van der Waals surface area contributed by atoms with E-state index in [4.69, 9.17) is 18.0 Å². The van der Waals surface area contributed by atoms with E-state index in [1.165, 1.54) is 6.07 Å². The average Bonchev–Trinajstić information content (AvgIpc) is 2.42. The first kappa shape index (κ1) is 15.4. The molecule has 5 heteroatoms. The number of hydrogen-bond acceptors (Lipinski definition) is 3. The van der Waals surface area contributed by atoms with Gasteiger partial charge in [0.25, 0.3) is 0 Å². The van der Waals surface area contributed by atoms with Crippen LogP contribution in [-0.2, 0) is 6.54 Å². The molecule has 2 rings (SSSR count). The van der Waals surface area contributed by atoms with Crippen LogP contribution in [0.5, 0.6) is 0 Å². The lowest BCUT2D eigenvalue weighted by molar-refractivity contribution is 0.0876. The molecule has 1 aromatic carbocycles. The summed E-state index contributed by atoms with van der Waals surface area (Å²) in [6, 6.07) is 5.59. The van der Waals surface area contributed by atoms with Crippen molar-refractivity contribution in [1.29, 1.82) is 0 Å². The number of piperazine rings is 1. The van der Waals surface area contributed by atoms with Gasteiger partial charge in [-0.05, 0) is 19.5 Å². The van der Waals surface area contributed by atoms with Crippen LogP contribution in [-0.4, -0.2) is 47.5 Å². The number of nitrogens with two attached hydrogens (primary N) is 1. The summed E-state index contributed by atoms with van der Waals surface area (Å²) in [7, 11) is 2.16. The first-order valence-corrected chi connectivity index (χ1v) is 7.43. The molecular weight excluding hydrogens is 273 g/mol. The molecule has 0 saturated carbocycles. The van der Waals surface area contributed by atoms with E-state index in [-0.39, 0.29) is 10.8 Å². The van der Waals surface area contributed by atoms with Gasteiger partial charge in [0.15, 0.2) is 0 Å². The predicted molar refractivity (Wildman–Crippen MR) is 84.3 cm³/mol. The van der Waals surface area contributed by atoms with Gasteiger partial charge in [0.2, 0.25) is 0 Å². The van der Waals surface area contributed by atoms with Gasteiger partial charge in [-0.1, -0.05) is 31.3 Å². The highest BCUT2D eigenvalue weighted by Gasteiger charge is 2.23. The van der Waals surface area contributed by atoms with E-state index in [2.05, 4.69) is 23.8 Å². The summed E-state index contributed by atoms with van der Waals surface area (Å²) in [6.07, 6.45) is 1.12. The van der Waals surface area contributed by atoms with Crippen molar-refractivity contribution < 1.29 is 4.39 Å². The van der Waals surface area contributed by atoms with E-state index in [1.807, 2.05) is 0 Å². The van der Waals surface area contributed by atoms with Crippen molar-refractivity contribution in [3.05, 3.63) is 35.1 Å². The molecule has 1 aliphatic rings. The molecule has 1 aromatic rings. The normalized spacial score (nSPS) is 21.1. The smallest absolute Gasteiger partial charge is 0.128 e. The third kappa shape index (κ3) is 3.53. The van der Waals surface area contributed by atoms with E-state index in [0.29, 0.717) is 23.7 Å². The Morgan fingerprint density at radius 2 is 2.20 bits per heavy atom. The number of rotatable bonds is 4. The molecule has 1 saturated heterocycles. The minimum atomic E-state index is -0.220. The van der Waals surface area contributed by atoms with Crippen molar-refractivity contribution in [2.24, 2.45) is 5.73 Å². The Bertz CT molecular complexity index is 492. The van der Waals surface area contributed by atoms with Crippen LogP contribution >= 0.6 is 12.2 Å². The lowest BCUT2D eigenvalue weighted by atomic mass is 10.1. The molecule has 110 valence electrons. The van der Waals surface area contributed by atoms with Gasteiger partial charge in [0, 0.05) is 43.3 Å². The van der Waals surface area contributed by atoms with Crippen LogP contribution in [0.2, 0.25) is 0 Å². The summed E-state index contributed by atoms with van der Waals surface area (Å²) in [4.78, 5) is 4.93. The first-order valence-electron chi connectivity index (χ1n) is 7.02. The van der Waals surface area contributed by atoms with Crippen LogP contribution in [0.15, 0.2) is 18.2 Å². The topological polar surface area (TPSA) is 32.5 Å². The number of hydrogen-bond donors (Lipinski definition) is 1. The summed E-state index contributed by atoms with van der Waals surface area (Å²) in [5.41, 5.74) is 6.82. The Labute approximate surface area is 125 Å². The largest absolute Gasteiger partial charge is 0.389 e. The highest BCUT2D eigenvalue weighted by molar-refractivity contribution is 7.80. The van der Waals surface area contributed by atoms with Crippen molar-refractivity contribution in [3.63, 3.8) is 0 Å². The number of benzene rings is 1. The van der Waals surface area contributed by atoms with Gasteiger partial charge in [-0.25, -0.2) is 4.39 Å². The van der Waals surface area contributed by atoms with E-state index < -0.39 is 0 Å². The molecule has 1 fully saturated rings. The van der Waals surface area contributed by atoms with Crippen LogP contribution in [0, 0.1) is 5.82 Å². The maximum atomic E-state index is 14.1. The van der Waals surface area contributed by atoms with Gasteiger partial charge < -0.3 is 10.6 Å². The minimum Gasteiger partial charge on any atom is -0.389 e. The second kappa shape index (κ2) is 6.61. The predicted octanol–water partition coefficient (Wildman–Crippen LogP) is 1.99. The van der Waals surface area contributed by atoms with Gasteiger partial charge in [0.05, 0.1) is 0 Å². The van der Waals surface area contributed by atoms with Crippen LogP contribution < -0.4 is 5.73 Å². The Hall–Kier alpha value is -1.04. The molecule has 0 radical (unpaired) electrons. The first-order chi connectivity index (χ1) is 9.51. The number of thiocarbonyl (C=S) groups is 1. The Kier molecular flexibility index (Phi) is 5.07. The highest BCUT2D eigenvalue weighted by Crippen LogP contribution is 2.17. The molecule has 0 aromatic heterocycles. The molecule has 0 aliphatic carbocycles. The van der Waals surface area contributed by atoms with Crippen LogP contribution in [0.1, 0.15) is 24.5 Å². The van der Waals surface area contributed by atoms with Gasteiger partial charge in [-0.3, -0.25) is 4.90 Å². The van der Waals surface area contributed by atoms with E-state index >= 15 is 0 Å².